The van der Waals surface area contributed by atoms with Crippen LogP contribution in [0.4, 0.5) is 13.2 Å². The highest BCUT2D eigenvalue weighted by molar-refractivity contribution is 5.73. The number of carboxylic acid groups (broad SMARTS) is 1. The summed E-state index contributed by atoms with van der Waals surface area (Å²) < 4.78 is 47.2. The first-order valence-electron chi connectivity index (χ1n) is 6.37. The maximum absolute atomic E-state index is 12.4. The van der Waals surface area contributed by atoms with E-state index < -0.39 is 48.4 Å². The van der Waals surface area contributed by atoms with Crippen molar-refractivity contribution in [3.8, 4) is 5.75 Å². The first-order valence-corrected chi connectivity index (χ1v) is 6.37. The van der Waals surface area contributed by atoms with Crippen LogP contribution < -0.4 is 4.74 Å². The van der Waals surface area contributed by atoms with Gasteiger partial charge in [0.25, 0.3) is 0 Å². The number of aliphatic hydroxyl groups excluding tert-OH is 3. The first-order chi connectivity index (χ1) is 10.6. The lowest BCUT2D eigenvalue weighted by molar-refractivity contribution is -0.271. The van der Waals surface area contributed by atoms with Crippen molar-refractivity contribution in [1.29, 1.82) is 0 Å². The molecule has 0 aliphatic carbocycles. The molecule has 5 atom stereocenters. The molecule has 0 radical (unpaired) electrons. The maximum atomic E-state index is 12.4. The molecule has 1 fully saturated rings. The molecular weight excluding hydrogens is 325 g/mol. The van der Waals surface area contributed by atoms with Crippen LogP contribution in [-0.4, -0.2) is 57.1 Å². The van der Waals surface area contributed by atoms with E-state index in [1.807, 2.05) is 0 Å². The Kier molecular flexibility index (Phi) is 4.80. The Morgan fingerprint density at radius 2 is 1.61 bits per heavy atom. The second-order valence-electron chi connectivity index (χ2n) is 4.88. The van der Waals surface area contributed by atoms with E-state index in [1.165, 1.54) is 0 Å². The van der Waals surface area contributed by atoms with Gasteiger partial charge >= 0.3 is 12.1 Å². The lowest BCUT2D eigenvalue weighted by atomic mass is 9.99. The van der Waals surface area contributed by atoms with Gasteiger partial charge < -0.3 is 29.9 Å². The van der Waals surface area contributed by atoms with Gasteiger partial charge in [-0.15, -0.1) is 0 Å². The van der Waals surface area contributed by atoms with Gasteiger partial charge in [-0.05, 0) is 24.3 Å². The minimum absolute atomic E-state index is 0.144. The molecule has 0 spiro atoms. The zero-order valence-electron chi connectivity index (χ0n) is 11.3. The topological polar surface area (TPSA) is 116 Å². The molecule has 1 aromatic carbocycles. The van der Waals surface area contributed by atoms with Crippen LogP contribution in [0.15, 0.2) is 24.3 Å². The molecule has 0 saturated carbocycles. The Morgan fingerprint density at radius 3 is 2.09 bits per heavy atom. The number of carboxylic acids is 1. The fraction of sp³-hybridized carbons (Fsp3) is 0.462. The van der Waals surface area contributed by atoms with Crippen LogP contribution >= 0.6 is 0 Å². The van der Waals surface area contributed by atoms with Gasteiger partial charge in [0, 0.05) is 0 Å². The van der Waals surface area contributed by atoms with Crippen molar-refractivity contribution >= 4 is 5.97 Å². The minimum atomic E-state index is -4.53. The summed E-state index contributed by atoms with van der Waals surface area (Å²) in [5.74, 6) is -1.74. The van der Waals surface area contributed by atoms with Gasteiger partial charge in [0.2, 0.25) is 6.29 Å². The maximum Gasteiger partial charge on any atom is 0.416 e. The number of hydrogen-bond acceptors (Lipinski definition) is 6. The number of benzene rings is 1. The number of alkyl halides is 3. The number of ether oxygens (including phenoxy) is 2. The van der Waals surface area contributed by atoms with E-state index >= 15 is 0 Å². The molecule has 1 saturated heterocycles. The van der Waals surface area contributed by atoms with Crippen LogP contribution in [-0.2, 0) is 15.7 Å². The first kappa shape index (κ1) is 17.5. The van der Waals surface area contributed by atoms with Crippen molar-refractivity contribution in [3.05, 3.63) is 29.8 Å². The smallest absolute Gasteiger partial charge is 0.416 e. The SMILES string of the molecule is O=C(O)[C@H]1O[C@@H](Oc2ccc(C(F)(F)F)cc2)[C@H](O)[C@@H](O)[C@@H]1O. The third-order valence-electron chi connectivity index (χ3n) is 3.25. The predicted molar refractivity (Wildman–Crippen MR) is 66.4 cm³/mol. The molecule has 2 rings (SSSR count). The standard InChI is InChI=1S/C13H13F3O7/c14-13(15,16)5-1-3-6(4-2-5)22-12-9(19)7(17)8(18)10(23-12)11(20)21/h1-4,7-10,12,17-19H,(H,20,21)/t7-,8-,9+,10-,12+/m0/s1. The Labute approximate surface area is 127 Å². The Morgan fingerprint density at radius 1 is 1.04 bits per heavy atom. The van der Waals surface area contributed by atoms with Gasteiger partial charge in [-0.25, -0.2) is 4.79 Å². The van der Waals surface area contributed by atoms with Crippen molar-refractivity contribution in [2.24, 2.45) is 0 Å². The van der Waals surface area contributed by atoms with E-state index in [4.69, 9.17) is 14.6 Å². The molecule has 1 aromatic rings. The van der Waals surface area contributed by atoms with Crippen LogP contribution in [0.3, 0.4) is 0 Å². The predicted octanol–water partition coefficient (Wildman–Crippen LogP) is -0.0236. The van der Waals surface area contributed by atoms with E-state index in [9.17, 15) is 33.3 Å². The number of aliphatic carboxylic acids is 1. The monoisotopic (exact) mass is 338 g/mol. The van der Waals surface area contributed by atoms with Crippen molar-refractivity contribution in [2.75, 3.05) is 0 Å². The van der Waals surface area contributed by atoms with Gasteiger partial charge in [0.1, 0.15) is 24.1 Å². The van der Waals surface area contributed by atoms with Crippen LogP contribution in [0, 0.1) is 0 Å². The molecule has 0 bridgehead atoms. The Hall–Kier alpha value is -1.88. The van der Waals surface area contributed by atoms with E-state index in [2.05, 4.69) is 0 Å². The Balaban J connectivity index is 2.13. The molecule has 4 N–H and O–H groups in total. The summed E-state index contributed by atoms with van der Waals surface area (Å²) in [7, 11) is 0. The molecule has 1 heterocycles. The molecule has 128 valence electrons. The van der Waals surface area contributed by atoms with Gasteiger partial charge in [0.15, 0.2) is 6.10 Å². The summed E-state index contributed by atoms with van der Waals surface area (Å²) in [5, 5.41) is 37.7. The third-order valence-corrected chi connectivity index (χ3v) is 3.25. The molecule has 1 aliphatic rings. The minimum Gasteiger partial charge on any atom is -0.479 e. The molecule has 1 aliphatic heterocycles. The van der Waals surface area contributed by atoms with Gasteiger partial charge in [-0.3, -0.25) is 0 Å². The van der Waals surface area contributed by atoms with Gasteiger partial charge in [0.05, 0.1) is 5.56 Å². The van der Waals surface area contributed by atoms with Crippen molar-refractivity contribution in [1.82, 2.24) is 0 Å². The van der Waals surface area contributed by atoms with Crippen molar-refractivity contribution < 1.29 is 47.9 Å². The quantitative estimate of drug-likeness (QED) is 0.612. The van der Waals surface area contributed by atoms with E-state index in [1.54, 1.807) is 0 Å². The zero-order chi connectivity index (χ0) is 17.4. The van der Waals surface area contributed by atoms with Crippen LogP contribution in [0.25, 0.3) is 0 Å². The zero-order valence-corrected chi connectivity index (χ0v) is 11.3. The van der Waals surface area contributed by atoms with E-state index in [-0.39, 0.29) is 5.75 Å². The average Bonchev–Trinajstić information content (AvgIpc) is 2.47. The van der Waals surface area contributed by atoms with E-state index in [0.29, 0.717) is 0 Å². The Bertz CT molecular complexity index is 560. The second-order valence-corrected chi connectivity index (χ2v) is 4.88. The molecule has 23 heavy (non-hydrogen) atoms. The molecule has 0 amide bonds. The summed E-state index contributed by atoms with van der Waals surface area (Å²) in [6, 6.07) is 3.35. The highest BCUT2D eigenvalue weighted by atomic mass is 19.4. The molecule has 0 unspecified atom stereocenters. The highest BCUT2D eigenvalue weighted by Gasteiger charge is 2.48. The van der Waals surface area contributed by atoms with Crippen LogP contribution in [0.2, 0.25) is 0 Å². The summed E-state index contributed by atoms with van der Waals surface area (Å²) in [4.78, 5) is 10.9. The van der Waals surface area contributed by atoms with Crippen LogP contribution in [0.1, 0.15) is 5.56 Å². The number of hydrogen-bond donors (Lipinski definition) is 4. The van der Waals surface area contributed by atoms with Crippen molar-refractivity contribution in [2.45, 2.75) is 36.9 Å². The molecule has 10 heteroatoms. The number of halogens is 3. The summed E-state index contributed by atoms with van der Waals surface area (Å²) >= 11 is 0. The van der Waals surface area contributed by atoms with Crippen LogP contribution in [0.5, 0.6) is 5.75 Å². The largest absolute Gasteiger partial charge is 0.479 e. The molecular formula is C13H13F3O7. The fourth-order valence-electron chi connectivity index (χ4n) is 2.01. The third kappa shape index (κ3) is 3.72. The van der Waals surface area contributed by atoms with Crippen molar-refractivity contribution in [3.63, 3.8) is 0 Å². The summed E-state index contributed by atoms with van der Waals surface area (Å²) in [6.07, 6.45) is -13.6. The van der Waals surface area contributed by atoms with Gasteiger partial charge in [-0.1, -0.05) is 0 Å². The summed E-state index contributed by atoms with van der Waals surface area (Å²) in [5.41, 5.74) is -0.922. The number of aliphatic hydroxyl groups is 3. The number of carbonyl (C=O) groups is 1. The second kappa shape index (κ2) is 6.32. The lowest BCUT2D eigenvalue weighted by Gasteiger charge is -2.38. The average molecular weight is 338 g/mol. The number of rotatable bonds is 3. The van der Waals surface area contributed by atoms with Gasteiger partial charge in [-0.2, -0.15) is 13.2 Å². The highest BCUT2D eigenvalue weighted by Crippen LogP contribution is 2.31. The molecule has 0 aromatic heterocycles. The molecule has 7 nitrogen and oxygen atoms in total. The lowest BCUT2D eigenvalue weighted by Crippen LogP contribution is -2.61. The summed E-state index contributed by atoms with van der Waals surface area (Å²) in [6.45, 7) is 0. The van der Waals surface area contributed by atoms with E-state index in [0.717, 1.165) is 24.3 Å². The normalized spacial score (nSPS) is 31.7. The fourth-order valence-corrected chi connectivity index (χ4v) is 2.01.